The van der Waals surface area contributed by atoms with Crippen LogP contribution in [0.2, 0.25) is 0 Å². The van der Waals surface area contributed by atoms with E-state index in [1.807, 2.05) is 44.3 Å². The Balaban J connectivity index is 0.740. The standard InChI is InChI=1S/C49H65N9O8/c1-29(2)45(47(61)57-28-33(59)23-40(57)48(62)65-49(3,4)5)42-25-43(54-66-42)55-20-17-36(18-21-55)63-34-12-14-35(15-13-34)64-44-22-30(16-19-51-44)58-31-10-11-32(58)27-56(26-31)39-24-38(52-53-46(39)50)37-8-6-7-9-41(37)60/h6-9,16,19,22,24-25,29,31-36,40,45,59-60H,10-15,17-18,20-21,23,26-28H2,1-5H3,(H2,50,53)/t31?,32?,33-,34?,35?,40+,45+/m1/s1. The molecule has 0 radical (unpaired) electrons. The monoisotopic (exact) mass is 907 g/mol. The van der Waals surface area contributed by atoms with E-state index >= 15 is 0 Å². The molecule has 7 heterocycles. The van der Waals surface area contributed by atoms with Crippen LogP contribution >= 0.6 is 0 Å². The smallest absolute Gasteiger partial charge is 0.329 e. The van der Waals surface area contributed by atoms with Crippen molar-refractivity contribution in [3.63, 3.8) is 0 Å². The number of benzene rings is 1. The number of pyridine rings is 1. The second-order valence-electron chi connectivity index (χ2n) is 20.1. The lowest BCUT2D eigenvalue weighted by molar-refractivity contribution is -0.163. The Morgan fingerprint density at radius 3 is 2.26 bits per heavy atom. The number of aromatic nitrogens is 4. The van der Waals surface area contributed by atoms with Crippen molar-refractivity contribution < 1.29 is 38.5 Å². The highest BCUT2D eigenvalue weighted by molar-refractivity contribution is 5.89. The summed E-state index contributed by atoms with van der Waals surface area (Å²) in [6.45, 7) is 12.4. The van der Waals surface area contributed by atoms with Gasteiger partial charge in [-0.05, 0) is 102 Å². The van der Waals surface area contributed by atoms with Crippen LogP contribution in [0.1, 0.15) is 104 Å². The van der Waals surface area contributed by atoms with E-state index in [9.17, 15) is 19.8 Å². The number of aromatic hydroxyl groups is 1. The molecular weight excluding hydrogens is 843 g/mol. The number of aliphatic hydroxyl groups is 1. The number of hydrogen-bond acceptors (Lipinski definition) is 16. The summed E-state index contributed by atoms with van der Waals surface area (Å²) in [6, 6.07) is 14.8. The number of para-hydroxylation sites is 1. The number of esters is 1. The maximum absolute atomic E-state index is 14.0. The molecule has 1 amide bonds. The number of aliphatic hydroxyl groups excluding tert-OH is 1. The number of amides is 1. The summed E-state index contributed by atoms with van der Waals surface area (Å²) in [5.41, 5.74) is 8.86. The Hall–Kier alpha value is -5.68. The number of nitrogens with two attached hydrogens (primary N) is 1. The number of fused-ring (bicyclic) bond motifs is 2. The van der Waals surface area contributed by atoms with E-state index in [0.717, 1.165) is 88.9 Å². The third-order valence-corrected chi connectivity index (χ3v) is 13.9. The number of piperidine rings is 1. The van der Waals surface area contributed by atoms with Gasteiger partial charge in [0, 0.05) is 80.8 Å². The molecule has 5 atom stereocenters. The summed E-state index contributed by atoms with van der Waals surface area (Å²) in [6.07, 6.45) is 9.09. The fourth-order valence-corrected chi connectivity index (χ4v) is 10.7. The van der Waals surface area contributed by atoms with Gasteiger partial charge in [-0.15, -0.1) is 10.2 Å². The molecule has 1 aliphatic carbocycles. The average molecular weight is 908 g/mol. The highest BCUT2D eigenvalue weighted by Gasteiger charge is 2.45. The fraction of sp³-hybridized carbons (Fsp3) is 0.592. The molecule has 17 nitrogen and oxygen atoms in total. The molecule has 1 aromatic carbocycles. The number of nitrogen functional groups attached to an aromatic ring is 1. The van der Waals surface area contributed by atoms with E-state index in [0.29, 0.717) is 46.6 Å². The maximum Gasteiger partial charge on any atom is 0.329 e. The van der Waals surface area contributed by atoms with Crippen LogP contribution < -0.4 is 25.2 Å². The van der Waals surface area contributed by atoms with Crippen molar-refractivity contribution >= 4 is 34.9 Å². The normalized spacial score (nSPS) is 25.4. The van der Waals surface area contributed by atoms with E-state index in [-0.39, 0.29) is 48.9 Å². The number of nitrogens with zero attached hydrogens (tertiary/aromatic N) is 8. The second kappa shape index (κ2) is 18.9. The van der Waals surface area contributed by atoms with Crippen molar-refractivity contribution in [2.75, 3.05) is 53.2 Å². The fourth-order valence-electron chi connectivity index (χ4n) is 10.7. The Labute approximate surface area is 386 Å². The molecule has 2 bridgehead atoms. The number of phenols is 1. The number of β-amino-alcohol motifs (C(OH)–C–C–N with tert-alkyl or cyclic N) is 1. The molecule has 2 unspecified atom stereocenters. The Bertz CT molecular complexity index is 2320. The largest absolute Gasteiger partial charge is 0.507 e. The van der Waals surface area contributed by atoms with Crippen LogP contribution in [0, 0.1) is 5.92 Å². The van der Waals surface area contributed by atoms with Crippen LogP contribution in [0.25, 0.3) is 11.3 Å². The Morgan fingerprint density at radius 2 is 1.56 bits per heavy atom. The third kappa shape index (κ3) is 9.87. The van der Waals surface area contributed by atoms with E-state index in [1.54, 1.807) is 32.9 Å². The second-order valence-corrected chi connectivity index (χ2v) is 20.1. The topological polar surface area (TPSA) is 206 Å². The molecule has 1 saturated carbocycles. The zero-order valence-electron chi connectivity index (χ0n) is 38.8. The zero-order valence-corrected chi connectivity index (χ0v) is 38.8. The lowest BCUT2D eigenvalue weighted by atomic mass is 9.91. The van der Waals surface area contributed by atoms with E-state index < -0.39 is 29.6 Å². The molecule has 354 valence electrons. The first-order valence-corrected chi connectivity index (χ1v) is 23.8. The van der Waals surface area contributed by atoms with Gasteiger partial charge in [-0.25, -0.2) is 9.78 Å². The predicted octanol–water partition coefficient (Wildman–Crippen LogP) is 6.09. The van der Waals surface area contributed by atoms with Gasteiger partial charge in [-0.1, -0.05) is 31.1 Å². The molecule has 4 aromatic rings. The van der Waals surface area contributed by atoms with Gasteiger partial charge in [0.15, 0.2) is 17.4 Å². The number of carbonyl (C=O) groups excluding carboxylic acids is 2. The van der Waals surface area contributed by atoms with Gasteiger partial charge >= 0.3 is 5.97 Å². The first-order chi connectivity index (χ1) is 31.7. The summed E-state index contributed by atoms with van der Waals surface area (Å²) in [4.78, 5) is 40.1. The molecule has 4 N–H and O–H groups in total. The van der Waals surface area contributed by atoms with Gasteiger partial charge in [0.05, 0.1) is 29.7 Å². The minimum atomic E-state index is -0.853. The third-order valence-electron chi connectivity index (χ3n) is 13.9. The van der Waals surface area contributed by atoms with Crippen molar-refractivity contribution in [3.05, 3.63) is 60.5 Å². The van der Waals surface area contributed by atoms with Crippen molar-refractivity contribution in [2.45, 2.75) is 146 Å². The Kier molecular flexibility index (Phi) is 13.0. The highest BCUT2D eigenvalue weighted by atomic mass is 16.6. The highest BCUT2D eigenvalue weighted by Crippen LogP contribution is 2.40. The number of hydrogen-bond donors (Lipinski definition) is 3. The molecule has 4 aliphatic heterocycles. The van der Waals surface area contributed by atoms with Crippen LogP contribution in [0.4, 0.5) is 23.0 Å². The summed E-state index contributed by atoms with van der Waals surface area (Å²) in [5.74, 6) is 0.750. The first-order valence-electron chi connectivity index (χ1n) is 23.8. The van der Waals surface area contributed by atoms with Gasteiger partial charge in [-0.2, -0.15) is 0 Å². The number of carbonyl (C=O) groups is 2. The lowest BCUT2D eigenvalue weighted by Crippen LogP contribution is -2.54. The molecule has 17 heteroatoms. The summed E-state index contributed by atoms with van der Waals surface area (Å²) >= 11 is 0. The molecule has 3 aromatic heterocycles. The van der Waals surface area contributed by atoms with Crippen molar-refractivity contribution in [1.29, 1.82) is 0 Å². The summed E-state index contributed by atoms with van der Waals surface area (Å²) < 4.78 is 24.6. The minimum absolute atomic E-state index is 0.0657. The molecule has 5 aliphatic rings. The number of phenolic OH excluding ortho intramolecular Hbond substituents is 1. The van der Waals surface area contributed by atoms with Crippen molar-refractivity contribution in [1.82, 2.24) is 25.2 Å². The Morgan fingerprint density at radius 1 is 0.864 bits per heavy atom. The maximum atomic E-state index is 14.0. The van der Waals surface area contributed by atoms with Crippen LogP contribution in [0.5, 0.6) is 11.6 Å². The number of ether oxygens (including phenoxy) is 3. The van der Waals surface area contributed by atoms with Gasteiger partial charge < -0.3 is 54.3 Å². The van der Waals surface area contributed by atoms with Gasteiger partial charge in [-0.3, -0.25) is 4.79 Å². The van der Waals surface area contributed by atoms with Crippen molar-refractivity contribution in [3.8, 4) is 22.9 Å². The minimum Gasteiger partial charge on any atom is -0.507 e. The number of anilines is 4. The van der Waals surface area contributed by atoms with Crippen molar-refractivity contribution in [2.24, 2.45) is 5.92 Å². The molecule has 0 spiro atoms. The number of likely N-dealkylation sites (tertiary alicyclic amines) is 1. The van der Waals surface area contributed by atoms with E-state index in [2.05, 4.69) is 47.2 Å². The van der Waals surface area contributed by atoms with Gasteiger partial charge in [0.1, 0.15) is 29.4 Å². The summed E-state index contributed by atoms with van der Waals surface area (Å²) in [5, 5.41) is 33.9. The molecule has 4 saturated heterocycles. The molecule has 9 rings (SSSR count). The SMILES string of the molecule is CC(C)[C@H](C(=O)N1C[C@H](O)C[C@H]1C(=O)OC(C)(C)C)c1cc(N2CCC(OC3CCC(Oc4cc(N5C6CCC5CN(c5cc(-c7ccccc7O)nnc5N)C6)ccn4)CC3)CC2)no1. The first kappa shape index (κ1) is 45.5. The van der Waals surface area contributed by atoms with Crippen LogP contribution in [-0.4, -0.2) is 128 Å². The lowest BCUT2D eigenvalue weighted by Gasteiger charge is -2.43. The predicted molar refractivity (Wildman–Crippen MR) is 248 cm³/mol. The van der Waals surface area contributed by atoms with Gasteiger partial charge in [0.25, 0.3) is 0 Å². The quantitative estimate of drug-likeness (QED) is 0.138. The number of piperazine rings is 1. The van der Waals surface area contributed by atoms with Crippen LogP contribution in [-0.2, 0) is 19.1 Å². The summed E-state index contributed by atoms with van der Waals surface area (Å²) in [7, 11) is 0. The van der Waals surface area contributed by atoms with E-state index in [4.69, 9.17) is 24.5 Å². The van der Waals surface area contributed by atoms with Crippen LogP contribution in [0.15, 0.2) is 59.3 Å². The van der Waals surface area contributed by atoms with Gasteiger partial charge in [0.2, 0.25) is 11.8 Å². The number of rotatable bonds is 12. The average Bonchev–Trinajstić information content (AvgIpc) is 4.00. The zero-order chi connectivity index (χ0) is 46.3. The van der Waals surface area contributed by atoms with Crippen LogP contribution in [0.3, 0.4) is 0 Å². The molecule has 66 heavy (non-hydrogen) atoms. The van der Waals surface area contributed by atoms with E-state index in [1.165, 1.54) is 4.90 Å². The molecular formula is C49H65N9O8. The molecule has 5 fully saturated rings.